The molecule has 0 unspecified atom stereocenters. The van der Waals surface area contributed by atoms with Gasteiger partial charge in [0.05, 0.1) is 13.7 Å². The number of methoxy groups -OCH3 is 1. The fraction of sp³-hybridized carbons (Fsp3) is 0.462. The maximum absolute atomic E-state index is 10.9. The number of aliphatic hydroxyl groups excluding tert-OH is 1. The van der Waals surface area contributed by atoms with Crippen LogP contribution in [0.15, 0.2) is 24.3 Å². The molecule has 3 nitrogen and oxygen atoms in total. The summed E-state index contributed by atoms with van der Waals surface area (Å²) in [5.74, 6) is -0.157. The Hall–Kier alpha value is -1.35. The summed E-state index contributed by atoms with van der Waals surface area (Å²) in [6.45, 7) is 0.0766. The molecule has 0 aromatic heterocycles. The number of aliphatic hydroxyl groups is 1. The lowest BCUT2D eigenvalue weighted by Gasteiger charge is -2.06. The molecule has 0 aliphatic rings. The Bertz CT molecular complexity index is 334. The zero-order valence-electron chi connectivity index (χ0n) is 9.61. The standard InChI is InChI=1S/C13H18O3/c1-16-13(15)9-5-4-7-11-6-2-3-8-12(11)10-14/h2-3,6,8,14H,4-5,7,9-10H2,1H3. The van der Waals surface area contributed by atoms with Crippen LogP contribution in [0.2, 0.25) is 0 Å². The molecular formula is C13H18O3. The Morgan fingerprint density at radius 1 is 1.25 bits per heavy atom. The molecule has 0 aliphatic heterocycles. The van der Waals surface area contributed by atoms with Crippen molar-refractivity contribution in [2.75, 3.05) is 7.11 Å². The van der Waals surface area contributed by atoms with Crippen LogP contribution in [0, 0.1) is 0 Å². The number of rotatable bonds is 6. The van der Waals surface area contributed by atoms with Gasteiger partial charge in [-0.05, 0) is 30.4 Å². The van der Waals surface area contributed by atoms with Crippen molar-refractivity contribution in [2.45, 2.75) is 32.3 Å². The monoisotopic (exact) mass is 222 g/mol. The summed E-state index contributed by atoms with van der Waals surface area (Å²) < 4.78 is 4.57. The number of aryl methyl sites for hydroxylation is 1. The maximum Gasteiger partial charge on any atom is 0.305 e. The quantitative estimate of drug-likeness (QED) is 0.592. The Morgan fingerprint density at radius 3 is 2.56 bits per heavy atom. The van der Waals surface area contributed by atoms with E-state index in [1.54, 1.807) is 0 Å². The predicted octanol–water partition coefficient (Wildman–Crippen LogP) is 2.06. The number of benzene rings is 1. The van der Waals surface area contributed by atoms with Crippen LogP contribution in [-0.2, 0) is 22.6 Å². The highest BCUT2D eigenvalue weighted by Crippen LogP contribution is 2.12. The molecular weight excluding hydrogens is 204 g/mol. The van der Waals surface area contributed by atoms with Crippen LogP contribution >= 0.6 is 0 Å². The molecule has 0 bridgehead atoms. The van der Waals surface area contributed by atoms with Gasteiger partial charge in [0, 0.05) is 6.42 Å². The first-order valence-electron chi connectivity index (χ1n) is 5.52. The van der Waals surface area contributed by atoms with Crippen LogP contribution in [0.4, 0.5) is 0 Å². The molecule has 0 saturated carbocycles. The number of unbranched alkanes of at least 4 members (excludes halogenated alkanes) is 1. The minimum absolute atomic E-state index is 0.0766. The van der Waals surface area contributed by atoms with E-state index in [2.05, 4.69) is 4.74 Å². The molecule has 0 fully saturated rings. The zero-order chi connectivity index (χ0) is 11.8. The molecule has 0 radical (unpaired) electrons. The molecule has 0 atom stereocenters. The second-order valence-electron chi connectivity index (χ2n) is 3.71. The van der Waals surface area contributed by atoms with E-state index in [9.17, 15) is 4.79 Å². The van der Waals surface area contributed by atoms with Crippen molar-refractivity contribution in [2.24, 2.45) is 0 Å². The van der Waals surface area contributed by atoms with Crippen molar-refractivity contribution in [1.82, 2.24) is 0 Å². The van der Waals surface area contributed by atoms with Crippen LogP contribution in [0.3, 0.4) is 0 Å². The van der Waals surface area contributed by atoms with Crippen molar-refractivity contribution in [3.8, 4) is 0 Å². The van der Waals surface area contributed by atoms with Gasteiger partial charge in [-0.1, -0.05) is 24.3 Å². The lowest BCUT2D eigenvalue weighted by molar-refractivity contribution is -0.140. The summed E-state index contributed by atoms with van der Waals surface area (Å²) in [6.07, 6.45) is 3.13. The zero-order valence-corrected chi connectivity index (χ0v) is 9.61. The molecule has 88 valence electrons. The number of hydrogen-bond donors (Lipinski definition) is 1. The second-order valence-corrected chi connectivity index (χ2v) is 3.71. The number of ether oxygens (including phenoxy) is 1. The van der Waals surface area contributed by atoms with E-state index in [4.69, 9.17) is 5.11 Å². The second kappa shape index (κ2) is 7.01. The highest BCUT2D eigenvalue weighted by molar-refractivity contribution is 5.68. The SMILES string of the molecule is COC(=O)CCCCc1ccccc1CO. The Balaban J connectivity index is 2.34. The molecule has 1 aromatic rings. The molecule has 0 saturated heterocycles. The molecule has 0 aliphatic carbocycles. The smallest absolute Gasteiger partial charge is 0.305 e. The van der Waals surface area contributed by atoms with Gasteiger partial charge in [-0.2, -0.15) is 0 Å². The van der Waals surface area contributed by atoms with Gasteiger partial charge >= 0.3 is 5.97 Å². The molecule has 16 heavy (non-hydrogen) atoms. The van der Waals surface area contributed by atoms with Gasteiger partial charge in [-0.25, -0.2) is 0 Å². The van der Waals surface area contributed by atoms with Gasteiger partial charge in [-0.3, -0.25) is 4.79 Å². The first-order valence-corrected chi connectivity index (χ1v) is 5.52. The molecule has 1 aromatic carbocycles. The highest BCUT2D eigenvalue weighted by Gasteiger charge is 2.02. The van der Waals surface area contributed by atoms with Gasteiger partial charge in [0.2, 0.25) is 0 Å². The first-order chi connectivity index (χ1) is 7.77. The third kappa shape index (κ3) is 4.03. The number of esters is 1. The van der Waals surface area contributed by atoms with Crippen LogP contribution in [-0.4, -0.2) is 18.2 Å². The van der Waals surface area contributed by atoms with E-state index >= 15 is 0 Å². The minimum atomic E-state index is -0.157. The summed E-state index contributed by atoms with van der Waals surface area (Å²) in [5.41, 5.74) is 2.13. The Labute approximate surface area is 96.1 Å². The molecule has 0 amide bonds. The van der Waals surface area contributed by atoms with Gasteiger partial charge in [0.25, 0.3) is 0 Å². The van der Waals surface area contributed by atoms with Crippen molar-refractivity contribution >= 4 is 5.97 Å². The van der Waals surface area contributed by atoms with Crippen LogP contribution < -0.4 is 0 Å². The third-order valence-corrected chi connectivity index (χ3v) is 2.59. The minimum Gasteiger partial charge on any atom is -0.469 e. The van der Waals surface area contributed by atoms with E-state index in [1.807, 2.05) is 24.3 Å². The first kappa shape index (κ1) is 12.7. The maximum atomic E-state index is 10.9. The third-order valence-electron chi connectivity index (χ3n) is 2.59. The number of carbonyl (C=O) groups is 1. The van der Waals surface area contributed by atoms with E-state index in [0.717, 1.165) is 30.4 Å². The molecule has 3 heteroatoms. The van der Waals surface area contributed by atoms with Crippen LogP contribution in [0.5, 0.6) is 0 Å². The van der Waals surface area contributed by atoms with Crippen LogP contribution in [0.1, 0.15) is 30.4 Å². The average Bonchev–Trinajstić information content (AvgIpc) is 2.34. The lowest BCUT2D eigenvalue weighted by Crippen LogP contribution is -2.00. The summed E-state index contributed by atoms with van der Waals surface area (Å²) in [6, 6.07) is 7.83. The normalized spacial score (nSPS) is 10.1. The molecule has 0 heterocycles. The lowest BCUT2D eigenvalue weighted by atomic mass is 10.0. The van der Waals surface area contributed by atoms with Gasteiger partial charge in [-0.15, -0.1) is 0 Å². The van der Waals surface area contributed by atoms with Gasteiger partial charge < -0.3 is 9.84 Å². The average molecular weight is 222 g/mol. The summed E-state index contributed by atoms with van der Waals surface area (Å²) in [5, 5.41) is 9.13. The Morgan fingerprint density at radius 2 is 1.94 bits per heavy atom. The van der Waals surface area contributed by atoms with Crippen molar-refractivity contribution in [3.63, 3.8) is 0 Å². The van der Waals surface area contributed by atoms with Gasteiger partial charge in [0.1, 0.15) is 0 Å². The highest BCUT2D eigenvalue weighted by atomic mass is 16.5. The topological polar surface area (TPSA) is 46.5 Å². The molecule has 0 spiro atoms. The largest absolute Gasteiger partial charge is 0.469 e. The van der Waals surface area contributed by atoms with E-state index < -0.39 is 0 Å². The number of hydrogen-bond acceptors (Lipinski definition) is 3. The van der Waals surface area contributed by atoms with Crippen molar-refractivity contribution in [3.05, 3.63) is 35.4 Å². The fourth-order valence-electron chi connectivity index (χ4n) is 1.64. The van der Waals surface area contributed by atoms with Crippen LogP contribution in [0.25, 0.3) is 0 Å². The van der Waals surface area contributed by atoms with Crippen molar-refractivity contribution in [1.29, 1.82) is 0 Å². The Kier molecular flexibility index (Phi) is 5.57. The van der Waals surface area contributed by atoms with E-state index in [-0.39, 0.29) is 12.6 Å². The summed E-state index contributed by atoms with van der Waals surface area (Å²) in [4.78, 5) is 10.9. The summed E-state index contributed by atoms with van der Waals surface area (Å²) in [7, 11) is 1.41. The fourth-order valence-corrected chi connectivity index (χ4v) is 1.64. The molecule has 1 N–H and O–H groups in total. The number of carbonyl (C=O) groups excluding carboxylic acids is 1. The molecule has 1 rings (SSSR count). The summed E-state index contributed by atoms with van der Waals surface area (Å²) >= 11 is 0. The predicted molar refractivity (Wildman–Crippen MR) is 61.9 cm³/mol. The van der Waals surface area contributed by atoms with E-state index in [0.29, 0.717) is 6.42 Å². The van der Waals surface area contributed by atoms with Gasteiger partial charge in [0.15, 0.2) is 0 Å². The van der Waals surface area contributed by atoms with Crippen molar-refractivity contribution < 1.29 is 14.6 Å². The van der Waals surface area contributed by atoms with E-state index in [1.165, 1.54) is 7.11 Å².